The highest BCUT2D eigenvalue weighted by atomic mass is 35.5. The van der Waals surface area contributed by atoms with Crippen molar-refractivity contribution in [1.29, 1.82) is 0 Å². The molecule has 0 fully saturated rings. The zero-order valence-electron chi connectivity index (χ0n) is 20.8. The number of methoxy groups -OCH3 is 1. The molecule has 39 heavy (non-hydrogen) atoms. The van der Waals surface area contributed by atoms with Crippen molar-refractivity contribution in [3.05, 3.63) is 82.2 Å². The summed E-state index contributed by atoms with van der Waals surface area (Å²) in [6.07, 6.45) is -5.60. The van der Waals surface area contributed by atoms with Crippen molar-refractivity contribution in [1.82, 2.24) is 24.4 Å². The molecule has 0 spiro atoms. The van der Waals surface area contributed by atoms with E-state index in [-0.39, 0.29) is 45.2 Å². The van der Waals surface area contributed by atoms with E-state index in [4.69, 9.17) is 16.3 Å². The van der Waals surface area contributed by atoms with Crippen molar-refractivity contribution in [2.75, 3.05) is 20.7 Å². The molecule has 14 heteroatoms. The molecule has 208 valence electrons. The van der Waals surface area contributed by atoms with Gasteiger partial charge >= 0.3 is 12.4 Å². The molecule has 0 bridgehead atoms. The van der Waals surface area contributed by atoms with Crippen LogP contribution < -0.4 is 4.74 Å². The van der Waals surface area contributed by atoms with Gasteiger partial charge in [0, 0.05) is 30.7 Å². The largest absolute Gasteiger partial charge is 0.481 e. The first-order valence-electron chi connectivity index (χ1n) is 11.3. The Hall–Kier alpha value is -3.42. The summed E-state index contributed by atoms with van der Waals surface area (Å²) in [6.45, 7) is -1.48. The monoisotopic (exact) mass is 573 g/mol. The van der Waals surface area contributed by atoms with Crippen LogP contribution in [0.4, 0.5) is 26.3 Å². The molecule has 0 aliphatic heterocycles. The fourth-order valence-corrected chi connectivity index (χ4v) is 4.68. The molecule has 3 heterocycles. The number of halogens is 7. The van der Waals surface area contributed by atoms with Crippen LogP contribution in [0.5, 0.6) is 5.88 Å². The Morgan fingerprint density at radius 1 is 1.08 bits per heavy atom. The zero-order chi connectivity index (χ0) is 28.8. The van der Waals surface area contributed by atoms with Gasteiger partial charge < -0.3 is 14.4 Å². The molecule has 0 aliphatic rings. The number of nitrogens with zero attached hydrogens (tertiary/aromatic N) is 5. The summed E-state index contributed by atoms with van der Waals surface area (Å²) in [4.78, 5) is 12.7. The fraction of sp³-hybridized carbons (Fsp3) is 0.320. The van der Waals surface area contributed by atoms with E-state index in [2.05, 4.69) is 15.0 Å². The second-order valence-electron chi connectivity index (χ2n) is 8.96. The van der Waals surface area contributed by atoms with Crippen LogP contribution in [0.3, 0.4) is 0 Å². The number of aryl methyl sites for hydroxylation is 1. The molecule has 7 nitrogen and oxygen atoms in total. The Morgan fingerprint density at radius 2 is 1.77 bits per heavy atom. The van der Waals surface area contributed by atoms with Gasteiger partial charge in [0.15, 0.2) is 5.60 Å². The van der Waals surface area contributed by atoms with Crippen molar-refractivity contribution in [3.8, 4) is 5.88 Å². The van der Waals surface area contributed by atoms with E-state index >= 15 is 0 Å². The van der Waals surface area contributed by atoms with Gasteiger partial charge in [0.2, 0.25) is 5.88 Å². The van der Waals surface area contributed by atoms with Gasteiger partial charge in [-0.15, -0.1) is 0 Å². The number of hydrogen-bond donors (Lipinski definition) is 1. The molecular weight excluding hydrogens is 552 g/mol. The Morgan fingerprint density at radius 3 is 2.36 bits per heavy atom. The third kappa shape index (κ3) is 5.65. The summed E-state index contributed by atoms with van der Waals surface area (Å²) < 4.78 is 86.0. The second-order valence-corrected chi connectivity index (χ2v) is 9.34. The van der Waals surface area contributed by atoms with Gasteiger partial charge in [-0.05, 0) is 42.4 Å². The molecule has 4 rings (SSSR count). The predicted octanol–water partition coefficient (Wildman–Crippen LogP) is 5.32. The minimum Gasteiger partial charge on any atom is -0.481 e. The van der Waals surface area contributed by atoms with E-state index < -0.39 is 30.2 Å². The standard InChI is InChI=1S/C25H22ClF6N5O2/c1-36(12-23(27,28)29)11-17-21(26)16-8-14(4-5-18(16)35-22(17)39-3)24(38,20-10-33-13-37(20)2)15-6-7-34-19(9-15)25(30,31)32/h4-10,13,38H,11-12H2,1-3H3. The van der Waals surface area contributed by atoms with Gasteiger partial charge in [0.25, 0.3) is 0 Å². The van der Waals surface area contributed by atoms with Crippen LogP contribution in [0.2, 0.25) is 5.02 Å². The van der Waals surface area contributed by atoms with Crippen molar-refractivity contribution in [2.45, 2.75) is 24.5 Å². The summed E-state index contributed by atoms with van der Waals surface area (Å²) in [6, 6.07) is 6.36. The van der Waals surface area contributed by atoms with Gasteiger partial charge in [-0.3, -0.25) is 9.88 Å². The third-order valence-corrected chi connectivity index (χ3v) is 6.55. The van der Waals surface area contributed by atoms with Gasteiger partial charge in [-0.2, -0.15) is 26.3 Å². The molecule has 1 atom stereocenters. The Bertz CT molecular complexity index is 1510. The molecule has 4 aromatic rings. The first-order chi connectivity index (χ1) is 18.1. The third-order valence-electron chi connectivity index (χ3n) is 6.12. The summed E-state index contributed by atoms with van der Waals surface area (Å²) in [5.41, 5.74) is -2.79. The maximum absolute atomic E-state index is 13.5. The maximum Gasteiger partial charge on any atom is 0.433 e. The lowest BCUT2D eigenvalue weighted by molar-refractivity contribution is -0.144. The average molecular weight is 574 g/mol. The van der Waals surface area contributed by atoms with Crippen LogP contribution in [-0.4, -0.2) is 56.4 Å². The second kappa shape index (κ2) is 10.3. The number of pyridine rings is 2. The van der Waals surface area contributed by atoms with Gasteiger partial charge in [0.05, 0.1) is 42.4 Å². The molecule has 1 unspecified atom stereocenters. The summed E-state index contributed by atoms with van der Waals surface area (Å²) in [5, 5.41) is 12.4. The van der Waals surface area contributed by atoms with E-state index in [1.54, 1.807) is 7.05 Å². The minimum atomic E-state index is -4.77. The SMILES string of the molecule is COc1nc2ccc(C(O)(c3ccnc(C(F)(F)F)c3)c3cncn3C)cc2c(Cl)c1CN(C)CC(F)(F)F. The van der Waals surface area contributed by atoms with Crippen molar-refractivity contribution < 1.29 is 36.2 Å². The highest BCUT2D eigenvalue weighted by molar-refractivity contribution is 6.36. The molecule has 0 saturated carbocycles. The summed E-state index contributed by atoms with van der Waals surface area (Å²) >= 11 is 6.66. The molecule has 0 saturated heterocycles. The van der Waals surface area contributed by atoms with Crippen LogP contribution in [0.1, 0.15) is 28.1 Å². The van der Waals surface area contributed by atoms with Gasteiger partial charge in [0.1, 0.15) is 5.69 Å². The highest BCUT2D eigenvalue weighted by Crippen LogP contribution is 2.41. The maximum atomic E-state index is 13.5. The Kier molecular flexibility index (Phi) is 7.54. The minimum absolute atomic E-state index is 0.0140. The molecule has 0 aliphatic carbocycles. The van der Waals surface area contributed by atoms with Gasteiger partial charge in [-0.25, -0.2) is 9.97 Å². The molecule has 0 amide bonds. The number of aliphatic hydroxyl groups is 1. The highest BCUT2D eigenvalue weighted by Gasteiger charge is 2.40. The number of alkyl halides is 6. The van der Waals surface area contributed by atoms with Crippen LogP contribution in [0.15, 0.2) is 49.1 Å². The predicted molar refractivity (Wildman–Crippen MR) is 130 cm³/mol. The number of fused-ring (bicyclic) bond motifs is 1. The Balaban J connectivity index is 1.93. The van der Waals surface area contributed by atoms with Crippen LogP contribution in [0.25, 0.3) is 10.9 Å². The number of ether oxygens (including phenoxy) is 1. The lowest BCUT2D eigenvalue weighted by Crippen LogP contribution is -2.32. The first-order valence-corrected chi connectivity index (χ1v) is 11.7. The average Bonchev–Trinajstić information content (AvgIpc) is 3.29. The number of rotatable bonds is 7. The van der Waals surface area contributed by atoms with E-state index in [0.717, 1.165) is 17.2 Å². The lowest BCUT2D eigenvalue weighted by Gasteiger charge is -2.30. The van der Waals surface area contributed by atoms with Crippen molar-refractivity contribution in [2.24, 2.45) is 7.05 Å². The van der Waals surface area contributed by atoms with E-state index in [1.165, 1.54) is 55.5 Å². The van der Waals surface area contributed by atoms with E-state index in [0.29, 0.717) is 5.52 Å². The first kappa shape index (κ1) is 28.6. The van der Waals surface area contributed by atoms with Crippen LogP contribution >= 0.6 is 11.6 Å². The Labute approximate surface area is 223 Å². The van der Waals surface area contributed by atoms with E-state index in [9.17, 15) is 31.4 Å². The summed E-state index contributed by atoms with van der Waals surface area (Å²) in [7, 11) is 4.12. The number of aromatic nitrogens is 4. The smallest absolute Gasteiger partial charge is 0.433 e. The van der Waals surface area contributed by atoms with Crippen molar-refractivity contribution >= 4 is 22.5 Å². The molecular formula is C25H22ClF6N5O2. The van der Waals surface area contributed by atoms with Gasteiger partial charge in [-0.1, -0.05) is 17.7 Å². The van der Waals surface area contributed by atoms with Crippen LogP contribution in [-0.2, 0) is 25.4 Å². The summed E-state index contributed by atoms with van der Waals surface area (Å²) in [5.74, 6) is 0.0140. The molecule has 3 aromatic heterocycles. The van der Waals surface area contributed by atoms with Crippen molar-refractivity contribution in [3.63, 3.8) is 0 Å². The number of hydrogen-bond acceptors (Lipinski definition) is 6. The van der Waals surface area contributed by atoms with E-state index in [1.807, 2.05) is 0 Å². The fourth-order valence-electron chi connectivity index (χ4n) is 4.38. The quantitative estimate of drug-likeness (QED) is 0.302. The lowest BCUT2D eigenvalue weighted by atomic mass is 9.83. The number of imidazole rings is 1. The van der Waals surface area contributed by atoms with Crippen LogP contribution in [0, 0.1) is 0 Å². The molecule has 1 aromatic carbocycles. The zero-order valence-corrected chi connectivity index (χ0v) is 21.5. The topological polar surface area (TPSA) is 76.3 Å². The molecule has 1 N–H and O–H groups in total. The normalized spacial score (nSPS) is 14.2. The molecule has 0 radical (unpaired) electrons. The number of benzene rings is 1.